The lowest BCUT2D eigenvalue weighted by atomic mass is 10.0. The van der Waals surface area contributed by atoms with Gasteiger partial charge in [0, 0.05) is 12.6 Å². The van der Waals surface area contributed by atoms with Crippen LogP contribution in [0.5, 0.6) is 0 Å². The van der Waals surface area contributed by atoms with Crippen molar-refractivity contribution < 1.29 is 9.53 Å². The van der Waals surface area contributed by atoms with Crippen LogP contribution in [0.4, 0.5) is 0 Å². The highest BCUT2D eigenvalue weighted by Gasteiger charge is 2.09. The van der Waals surface area contributed by atoms with Crippen molar-refractivity contribution in [3.63, 3.8) is 0 Å². The number of hydrogen-bond donors (Lipinski definition) is 2. The molecule has 0 aromatic heterocycles. The summed E-state index contributed by atoms with van der Waals surface area (Å²) in [6.07, 6.45) is 4.81. The highest BCUT2D eigenvalue weighted by atomic mass is 16.5. The molecule has 1 atom stereocenters. The van der Waals surface area contributed by atoms with Crippen LogP contribution < -0.4 is 11.1 Å². The summed E-state index contributed by atoms with van der Waals surface area (Å²) in [6, 6.07) is 10.8. The van der Waals surface area contributed by atoms with Gasteiger partial charge in [0.15, 0.2) is 0 Å². The van der Waals surface area contributed by atoms with Crippen molar-refractivity contribution in [2.45, 2.75) is 38.6 Å². The van der Waals surface area contributed by atoms with Crippen molar-refractivity contribution in [3.8, 4) is 0 Å². The third kappa shape index (κ3) is 7.26. The minimum absolute atomic E-state index is 0.00643. The molecule has 0 spiro atoms. The highest BCUT2D eigenvalue weighted by molar-refractivity contribution is 5.74. The number of nitrogens with two attached hydrogens (primary N) is 1. The SMILES string of the molecule is CCCCCC(NCCOCC(N)=O)c1ccccc1. The van der Waals surface area contributed by atoms with E-state index in [1.165, 1.54) is 24.8 Å². The van der Waals surface area contributed by atoms with E-state index in [0.717, 1.165) is 13.0 Å². The molecular weight excluding hydrogens is 252 g/mol. The fraction of sp³-hybridized carbons (Fsp3) is 0.562. The van der Waals surface area contributed by atoms with Gasteiger partial charge in [0.1, 0.15) is 6.61 Å². The van der Waals surface area contributed by atoms with E-state index in [2.05, 4.69) is 36.5 Å². The Balaban J connectivity index is 2.36. The number of amides is 1. The number of nitrogens with one attached hydrogen (secondary N) is 1. The summed E-state index contributed by atoms with van der Waals surface area (Å²) in [4.78, 5) is 10.6. The van der Waals surface area contributed by atoms with E-state index < -0.39 is 5.91 Å². The van der Waals surface area contributed by atoms with Crippen LogP contribution >= 0.6 is 0 Å². The summed E-state index contributed by atoms with van der Waals surface area (Å²) in [5, 5.41) is 3.49. The summed E-state index contributed by atoms with van der Waals surface area (Å²) in [7, 11) is 0. The Bertz CT molecular complexity index is 368. The summed E-state index contributed by atoms with van der Waals surface area (Å²) < 4.78 is 5.17. The van der Waals surface area contributed by atoms with Gasteiger partial charge in [0.2, 0.25) is 5.91 Å². The summed E-state index contributed by atoms with van der Waals surface area (Å²) in [5.41, 5.74) is 6.33. The molecule has 3 N–H and O–H groups in total. The Morgan fingerprint density at radius 2 is 2.05 bits per heavy atom. The molecule has 4 heteroatoms. The number of benzene rings is 1. The molecule has 0 aliphatic carbocycles. The van der Waals surface area contributed by atoms with Crippen molar-refractivity contribution in [1.82, 2.24) is 5.32 Å². The standard InChI is InChI=1S/C16H26N2O2/c1-2-3-5-10-15(14-8-6-4-7-9-14)18-11-12-20-13-16(17)19/h4,6-9,15,18H,2-3,5,10-13H2,1H3,(H2,17,19). The second-order valence-electron chi connectivity index (χ2n) is 4.93. The maximum Gasteiger partial charge on any atom is 0.243 e. The number of carbonyl (C=O) groups is 1. The predicted octanol–water partition coefficient (Wildman–Crippen LogP) is 2.40. The Labute approximate surface area is 121 Å². The molecule has 0 fully saturated rings. The van der Waals surface area contributed by atoms with Crippen molar-refractivity contribution in [1.29, 1.82) is 0 Å². The smallest absolute Gasteiger partial charge is 0.243 e. The molecule has 0 bridgehead atoms. The summed E-state index contributed by atoms with van der Waals surface area (Å²) >= 11 is 0. The van der Waals surface area contributed by atoms with Crippen molar-refractivity contribution in [2.75, 3.05) is 19.8 Å². The summed E-state index contributed by atoms with van der Waals surface area (Å²) in [5.74, 6) is -0.424. The molecule has 0 aliphatic heterocycles. The molecule has 0 saturated carbocycles. The lowest BCUT2D eigenvalue weighted by Gasteiger charge is -2.19. The zero-order valence-corrected chi connectivity index (χ0v) is 12.3. The average Bonchev–Trinajstić information content (AvgIpc) is 2.46. The first kappa shape index (κ1) is 16.7. The van der Waals surface area contributed by atoms with Crippen LogP contribution in [0.15, 0.2) is 30.3 Å². The van der Waals surface area contributed by atoms with Gasteiger partial charge < -0.3 is 15.8 Å². The van der Waals surface area contributed by atoms with Crippen LogP contribution in [0.25, 0.3) is 0 Å². The number of unbranched alkanes of at least 4 members (excludes halogenated alkanes) is 2. The third-order valence-corrected chi connectivity index (χ3v) is 3.18. The van der Waals surface area contributed by atoms with Crippen molar-refractivity contribution in [2.24, 2.45) is 5.73 Å². The fourth-order valence-corrected chi connectivity index (χ4v) is 2.15. The highest BCUT2D eigenvalue weighted by Crippen LogP contribution is 2.19. The van der Waals surface area contributed by atoms with Gasteiger partial charge in [0.05, 0.1) is 6.61 Å². The quantitative estimate of drug-likeness (QED) is 0.611. The molecule has 1 aromatic carbocycles. The minimum atomic E-state index is -0.424. The Morgan fingerprint density at radius 3 is 2.70 bits per heavy atom. The van der Waals surface area contributed by atoms with E-state index in [1.807, 2.05) is 6.07 Å². The molecule has 1 unspecified atom stereocenters. The molecule has 112 valence electrons. The summed E-state index contributed by atoms with van der Waals surface area (Å²) in [6.45, 7) is 3.43. The topological polar surface area (TPSA) is 64.3 Å². The maximum atomic E-state index is 10.6. The fourth-order valence-electron chi connectivity index (χ4n) is 2.15. The van der Waals surface area contributed by atoms with E-state index in [1.54, 1.807) is 0 Å². The van der Waals surface area contributed by atoms with Crippen molar-refractivity contribution in [3.05, 3.63) is 35.9 Å². The second-order valence-corrected chi connectivity index (χ2v) is 4.93. The van der Waals surface area contributed by atoms with Crippen LogP contribution in [0.3, 0.4) is 0 Å². The molecule has 0 aliphatic rings. The molecule has 1 rings (SSSR count). The molecular formula is C16H26N2O2. The van der Waals surface area contributed by atoms with Gasteiger partial charge >= 0.3 is 0 Å². The minimum Gasteiger partial charge on any atom is -0.370 e. The van der Waals surface area contributed by atoms with Gasteiger partial charge in [0.25, 0.3) is 0 Å². The first-order valence-electron chi connectivity index (χ1n) is 7.38. The molecule has 0 heterocycles. The number of primary amides is 1. The van der Waals surface area contributed by atoms with Gasteiger partial charge in [-0.25, -0.2) is 0 Å². The first-order chi connectivity index (χ1) is 9.74. The third-order valence-electron chi connectivity index (χ3n) is 3.18. The predicted molar refractivity (Wildman–Crippen MR) is 81.3 cm³/mol. The Kier molecular flexibility index (Phi) is 8.67. The van der Waals surface area contributed by atoms with Crippen molar-refractivity contribution >= 4 is 5.91 Å². The number of rotatable bonds is 11. The monoisotopic (exact) mass is 278 g/mol. The van der Waals surface area contributed by atoms with Gasteiger partial charge in [-0.1, -0.05) is 56.5 Å². The van der Waals surface area contributed by atoms with Crippen LogP contribution in [-0.2, 0) is 9.53 Å². The van der Waals surface area contributed by atoms with Crippen LogP contribution in [0.1, 0.15) is 44.2 Å². The molecule has 0 radical (unpaired) electrons. The van der Waals surface area contributed by atoms with Crippen LogP contribution in [-0.4, -0.2) is 25.7 Å². The van der Waals surface area contributed by atoms with E-state index in [-0.39, 0.29) is 6.61 Å². The van der Waals surface area contributed by atoms with E-state index in [0.29, 0.717) is 12.6 Å². The lowest BCUT2D eigenvalue weighted by Crippen LogP contribution is -2.27. The van der Waals surface area contributed by atoms with Gasteiger partial charge in [-0.15, -0.1) is 0 Å². The average molecular weight is 278 g/mol. The number of ether oxygens (including phenoxy) is 1. The van der Waals surface area contributed by atoms with Crippen LogP contribution in [0, 0.1) is 0 Å². The van der Waals surface area contributed by atoms with Gasteiger partial charge in [-0.3, -0.25) is 4.79 Å². The molecule has 1 amide bonds. The maximum absolute atomic E-state index is 10.6. The molecule has 0 saturated heterocycles. The number of hydrogen-bond acceptors (Lipinski definition) is 3. The van der Waals surface area contributed by atoms with Gasteiger partial charge in [-0.2, -0.15) is 0 Å². The normalized spacial score (nSPS) is 12.2. The van der Waals surface area contributed by atoms with Crippen LogP contribution in [0.2, 0.25) is 0 Å². The van der Waals surface area contributed by atoms with E-state index >= 15 is 0 Å². The molecule has 20 heavy (non-hydrogen) atoms. The number of carbonyl (C=O) groups excluding carboxylic acids is 1. The zero-order chi connectivity index (χ0) is 14.6. The Morgan fingerprint density at radius 1 is 1.30 bits per heavy atom. The second kappa shape index (κ2) is 10.4. The lowest BCUT2D eigenvalue weighted by molar-refractivity contribution is -0.122. The molecule has 4 nitrogen and oxygen atoms in total. The first-order valence-corrected chi connectivity index (χ1v) is 7.38. The van der Waals surface area contributed by atoms with E-state index in [9.17, 15) is 4.79 Å². The largest absolute Gasteiger partial charge is 0.370 e. The van der Waals surface area contributed by atoms with E-state index in [4.69, 9.17) is 10.5 Å². The Hall–Kier alpha value is -1.39. The zero-order valence-electron chi connectivity index (χ0n) is 12.3. The van der Waals surface area contributed by atoms with Gasteiger partial charge in [-0.05, 0) is 12.0 Å². The molecule has 1 aromatic rings.